The van der Waals surface area contributed by atoms with Crippen LogP contribution in [0.4, 0.5) is 0 Å². The zero-order valence-electron chi connectivity index (χ0n) is 14.0. The molecule has 1 unspecified atom stereocenters. The van der Waals surface area contributed by atoms with Crippen LogP contribution in [-0.2, 0) is 4.74 Å². The van der Waals surface area contributed by atoms with Crippen LogP contribution in [-0.4, -0.2) is 43.4 Å². The number of hydrogen-bond donors (Lipinski definition) is 3. The van der Waals surface area contributed by atoms with E-state index >= 15 is 0 Å². The second-order valence-corrected chi connectivity index (χ2v) is 6.63. The summed E-state index contributed by atoms with van der Waals surface area (Å²) in [5, 5.41) is 17.5. The third kappa shape index (κ3) is 7.40. The molecule has 0 saturated carbocycles. The van der Waals surface area contributed by atoms with Gasteiger partial charge in [-0.05, 0) is 44.5 Å². The molecule has 0 aliphatic heterocycles. The lowest BCUT2D eigenvalue weighted by Gasteiger charge is -2.22. The molecule has 1 aromatic carbocycles. The molecule has 0 radical (unpaired) electrons. The van der Waals surface area contributed by atoms with Crippen LogP contribution in [0.2, 0.25) is 10.0 Å². The van der Waals surface area contributed by atoms with Gasteiger partial charge in [0.2, 0.25) is 0 Å². The Morgan fingerprint density at radius 1 is 1.26 bits per heavy atom. The van der Waals surface area contributed by atoms with Gasteiger partial charge in [0.05, 0.1) is 18.2 Å². The van der Waals surface area contributed by atoms with Gasteiger partial charge in [-0.25, -0.2) is 0 Å². The van der Waals surface area contributed by atoms with Crippen LogP contribution < -0.4 is 10.6 Å². The summed E-state index contributed by atoms with van der Waals surface area (Å²) >= 11 is 11.9. The van der Waals surface area contributed by atoms with Crippen molar-refractivity contribution in [2.75, 3.05) is 26.7 Å². The summed E-state index contributed by atoms with van der Waals surface area (Å²) in [5.74, 6) is 0.616. The van der Waals surface area contributed by atoms with Gasteiger partial charge < -0.3 is 20.5 Å². The van der Waals surface area contributed by atoms with E-state index in [0.29, 0.717) is 28.1 Å². The number of aliphatic imine (C=N–C) groups is 1. The molecular formula is C16H25Cl2N3O2. The molecule has 0 amide bonds. The summed E-state index contributed by atoms with van der Waals surface area (Å²) in [7, 11) is 1.66. The summed E-state index contributed by atoms with van der Waals surface area (Å²) in [6.07, 6.45) is -0.745. The molecule has 0 aliphatic rings. The summed E-state index contributed by atoms with van der Waals surface area (Å²) in [6.45, 7) is 7.41. The van der Waals surface area contributed by atoms with Crippen molar-refractivity contribution in [2.45, 2.75) is 32.5 Å². The smallest absolute Gasteiger partial charge is 0.191 e. The molecule has 1 aromatic rings. The van der Waals surface area contributed by atoms with E-state index in [1.165, 1.54) is 0 Å². The molecule has 0 spiro atoms. The molecule has 0 saturated heterocycles. The summed E-state index contributed by atoms with van der Waals surface area (Å²) in [5.41, 5.74) is 0.310. The Labute approximate surface area is 148 Å². The zero-order valence-corrected chi connectivity index (χ0v) is 15.5. The Bertz CT molecular complexity index is 516. The number of aliphatic hydroxyl groups excluding tert-OH is 1. The van der Waals surface area contributed by atoms with Crippen molar-refractivity contribution in [1.82, 2.24) is 10.6 Å². The van der Waals surface area contributed by atoms with Gasteiger partial charge in [0.25, 0.3) is 0 Å². The second-order valence-electron chi connectivity index (χ2n) is 5.76. The van der Waals surface area contributed by atoms with Crippen LogP contribution in [0.3, 0.4) is 0 Å². The monoisotopic (exact) mass is 361 g/mol. The lowest BCUT2D eigenvalue weighted by Crippen LogP contribution is -2.40. The molecule has 0 aliphatic carbocycles. The van der Waals surface area contributed by atoms with E-state index in [1.807, 2.05) is 20.8 Å². The highest BCUT2D eigenvalue weighted by molar-refractivity contribution is 6.34. The van der Waals surface area contributed by atoms with Crippen LogP contribution in [0.1, 0.15) is 32.4 Å². The minimum atomic E-state index is -0.745. The van der Waals surface area contributed by atoms with E-state index < -0.39 is 6.10 Å². The molecule has 3 N–H and O–H groups in total. The number of nitrogens with zero attached hydrogens (tertiary/aromatic N) is 1. The van der Waals surface area contributed by atoms with Crippen molar-refractivity contribution in [1.29, 1.82) is 0 Å². The number of benzene rings is 1. The largest absolute Gasteiger partial charge is 0.387 e. The average Bonchev–Trinajstić information content (AvgIpc) is 2.48. The number of ether oxygens (including phenoxy) is 1. The van der Waals surface area contributed by atoms with Crippen molar-refractivity contribution in [2.24, 2.45) is 4.99 Å². The minimum Gasteiger partial charge on any atom is -0.387 e. The van der Waals surface area contributed by atoms with E-state index in [0.717, 1.165) is 6.54 Å². The van der Waals surface area contributed by atoms with Gasteiger partial charge in [-0.15, -0.1) is 0 Å². The summed E-state index contributed by atoms with van der Waals surface area (Å²) in [4.78, 5) is 4.46. The molecule has 5 nitrogen and oxygen atoms in total. The SMILES string of the molecule is CCNC(=NCC(C)(C)OC)NCC(O)c1cc(Cl)cc(Cl)c1. The highest BCUT2D eigenvalue weighted by Crippen LogP contribution is 2.23. The van der Waals surface area contributed by atoms with Crippen LogP contribution in [0.25, 0.3) is 0 Å². The third-order valence-corrected chi connectivity index (χ3v) is 3.68. The molecule has 1 rings (SSSR count). The molecule has 0 fully saturated rings. The first kappa shape index (κ1) is 20.0. The molecular weight excluding hydrogens is 337 g/mol. The minimum absolute atomic E-state index is 0.288. The molecule has 0 aromatic heterocycles. The Morgan fingerprint density at radius 2 is 1.87 bits per heavy atom. The first-order valence-corrected chi connectivity index (χ1v) is 8.24. The van der Waals surface area contributed by atoms with Crippen LogP contribution in [0.5, 0.6) is 0 Å². The number of aliphatic hydroxyl groups is 1. The van der Waals surface area contributed by atoms with Gasteiger partial charge in [-0.1, -0.05) is 23.2 Å². The number of hydrogen-bond acceptors (Lipinski definition) is 3. The molecule has 23 heavy (non-hydrogen) atoms. The molecule has 1 atom stereocenters. The van der Waals surface area contributed by atoms with E-state index in [4.69, 9.17) is 27.9 Å². The lowest BCUT2D eigenvalue weighted by atomic mass is 10.1. The Morgan fingerprint density at radius 3 is 2.39 bits per heavy atom. The fourth-order valence-electron chi connectivity index (χ4n) is 1.75. The number of guanidine groups is 1. The Kier molecular flexibility index (Phi) is 8.12. The maximum absolute atomic E-state index is 10.3. The standard InChI is InChI=1S/C16H25Cl2N3O2/c1-5-19-15(21-10-16(2,3)23-4)20-9-14(22)11-6-12(17)8-13(18)7-11/h6-8,14,22H,5,9-10H2,1-4H3,(H2,19,20,21). The van der Waals surface area contributed by atoms with Gasteiger partial charge in [-0.3, -0.25) is 4.99 Å². The molecule has 0 heterocycles. The van der Waals surface area contributed by atoms with E-state index in [1.54, 1.807) is 25.3 Å². The predicted octanol–water partition coefficient (Wildman–Crippen LogP) is 3.01. The second kappa shape index (κ2) is 9.33. The first-order chi connectivity index (χ1) is 10.8. The fourth-order valence-corrected chi connectivity index (χ4v) is 2.30. The van der Waals surface area contributed by atoms with E-state index in [9.17, 15) is 5.11 Å². The lowest BCUT2D eigenvalue weighted by molar-refractivity contribution is 0.0310. The highest BCUT2D eigenvalue weighted by Gasteiger charge is 2.16. The average molecular weight is 362 g/mol. The van der Waals surface area contributed by atoms with Gasteiger partial charge in [0, 0.05) is 30.2 Å². The maximum atomic E-state index is 10.3. The summed E-state index contributed by atoms with van der Waals surface area (Å²) in [6, 6.07) is 5.01. The number of halogens is 2. The Balaban J connectivity index is 2.68. The van der Waals surface area contributed by atoms with Crippen LogP contribution >= 0.6 is 23.2 Å². The van der Waals surface area contributed by atoms with Crippen molar-refractivity contribution in [3.63, 3.8) is 0 Å². The van der Waals surface area contributed by atoms with E-state index in [2.05, 4.69) is 15.6 Å². The Hall–Kier alpha value is -1.01. The quantitative estimate of drug-likeness (QED) is 0.515. The maximum Gasteiger partial charge on any atom is 0.191 e. The number of nitrogens with one attached hydrogen (secondary N) is 2. The van der Waals surface area contributed by atoms with Crippen LogP contribution in [0, 0.1) is 0 Å². The van der Waals surface area contributed by atoms with Gasteiger partial charge in [-0.2, -0.15) is 0 Å². The van der Waals surface area contributed by atoms with Crippen molar-refractivity contribution < 1.29 is 9.84 Å². The van der Waals surface area contributed by atoms with Gasteiger partial charge in [0.15, 0.2) is 5.96 Å². The van der Waals surface area contributed by atoms with Crippen molar-refractivity contribution in [3.05, 3.63) is 33.8 Å². The van der Waals surface area contributed by atoms with Gasteiger partial charge in [0.1, 0.15) is 0 Å². The first-order valence-electron chi connectivity index (χ1n) is 7.49. The van der Waals surface area contributed by atoms with Crippen molar-refractivity contribution >= 4 is 29.2 Å². The van der Waals surface area contributed by atoms with Gasteiger partial charge >= 0.3 is 0 Å². The topological polar surface area (TPSA) is 65.9 Å². The highest BCUT2D eigenvalue weighted by atomic mass is 35.5. The molecule has 0 bridgehead atoms. The summed E-state index contributed by atoms with van der Waals surface area (Å²) < 4.78 is 5.35. The predicted molar refractivity (Wildman–Crippen MR) is 96.5 cm³/mol. The normalized spacial score (nSPS) is 13.8. The van der Waals surface area contributed by atoms with Crippen molar-refractivity contribution in [3.8, 4) is 0 Å². The number of rotatable bonds is 7. The van der Waals surface area contributed by atoms with E-state index in [-0.39, 0.29) is 12.1 Å². The van der Waals surface area contributed by atoms with Crippen LogP contribution in [0.15, 0.2) is 23.2 Å². The fraction of sp³-hybridized carbons (Fsp3) is 0.562. The third-order valence-electron chi connectivity index (χ3n) is 3.25. The zero-order chi connectivity index (χ0) is 17.5. The number of methoxy groups -OCH3 is 1. The molecule has 130 valence electrons. The molecule has 7 heteroatoms.